The number of amides is 1. The average Bonchev–Trinajstić information content (AvgIpc) is 3.67. The van der Waals surface area contributed by atoms with Crippen molar-refractivity contribution in [3.8, 4) is 23.3 Å². The number of benzene rings is 1. The molecule has 3 saturated heterocycles. The summed E-state index contributed by atoms with van der Waals surface area (Å²) in [6.45, 7) is 4.60. The number of thiophene rings is 1. The second-order valence-corrected chi connectivity index (χ2v) is 14.5. The Labute approximate surface area is 287 Å². The largest absolute Gasteiger partial charge is 0.461 e. The number of pyridine rings is 1. The Kier molecular flexibility index (Phi) is 7.75. The zero-order chi connectivity index (χ0) is 35.1. The number of hydrogen-bond acceptors (Lipinski definition) is 10. The molecule has 8 rings (SSSR count). The summed E-state index contributed by atoms with van der Waals surface area (Å²) in [5, 5.41) is 10.0. The third-order valence-electron chi connectivity index (χ3n) is 10.4. The lowest BCUT2D eigenvalue weighted by atomic mass is 9.95. The molecule has 6 heterocycles. The molecule has 4 aliphatic rings. The molecule has 1 saturated carbocycles. The molecular weight excluding hydrogens is 676 g/mol. The summed E-state index contributed by atoms with van der Waals surface area (Å²) in [6.07, 6.45) is 2.01. The molecule has 1 aliphatic carbocycles. The Morgan fingerprint density at radius 1 is 1.16 bits per heavy atom. The summed E-state index contributed by atoms with van der Waals surface area (Å²) >= 11 is 0.866. The molecule has 3 aliphatic heterocycles. The molecule has 1 amide bonds. The van der Waals surface area contributed by atoms with Crippen LogP contribution in [-0.4, -0.2) is 87.8 Å². The number of nitrogens with two attached hydrogens (primary N) is 1. The van der Waals surface area contributed by atoms with E-state index in [1.807, 2.05) is 6.07 Å². The quantitative estimate of drug-likeness (QED) is 0.212. The molecule has 11 nitrogen and oxygen atoms in total. The third kappa shape index (κ3) is 5.08. The van der Waals surface area contributed by atoms with Crippen LogP contribution in [0.2, 0.25) is 0 Å². The summed E-state index contributed by atoms with van der Waals surface area (Å²) in [6, 6.07) is 3.89. The van der Waals surface area contributed by atoms with Crippen molar-refractivity contribution in [2.45, 2.75) is 49.9 Å². The lowest BCUT2D eigenvalue weighted by Gasteiger charge is -2.35. The van der Waals surface area contributed by atoms with Gasteiger partial charge >= 0.3 is 6.01 Å². The molecule has 16 heteroatoms. The number of carbonyl (C=O) groups is 1. The number of nitrogens with zero attached hydrogens (tertiary/aromatic N) is 7. The van der Waals surface area contributed by atoms with Crippen LogP contribution >= 0.6 is 11.3 Å². The number of carbonyl (C=O) groups excluding carboxylic acids is 1. The van der Waals surface area contributed by atoms with Crippen LogP contribution in [0.25, 0.3) is 32.2 Å². The van der Waals surface area contributed by atoms with E-state index in [1.54, 1.807) is 4.90 Å². The average molecular weight is 709 g/mol. The minimum atomic E-state index is -1.09. The van der Waals surface area contributed by atoms with E-state index in [2.05, 4.69) is 21.4 Å². The van der Waals surface area contributed by atoms with Gasteiger partial charge < -0.3 is 24.8 Å². The van der Waals surface area contributed by atoms with Crippen LogP contribution in [0.1, 0.15) is 43.7 Å². The van der Waals surface area contributed by atoms with Crippen molar-refractivity contribution >= 4 is 49.1 Å². The number of aromatic nitrogens is 3. The van der Waals surface area contributed by atoms with Gasteiger partial charge in [-0.1, -0.05) is 6.58 Å². The van der Waals surface area contributed by atoms with Crippen molar-refractivity contribution in [1.29, 1.82) is 5.26 Å². The Hall–Kier alpha value is -4.75. The fourth-order valence-electron chi connectivity index (χ4n) is 7.89. The van der Waals surface area contributed by atoms with E-state index in [-0.39, 0.29) is 99.9 Å². The molecule has 4 aromatic rings. The molecule has 3 aromatic heterocycles. The first-order valence-corrected chi connectivity index (χ1v) is 17.3. The molecule has 0 unspecified atom stereocenters. The maximum atomic E-state index is 17.4. The minimum Gasteiger partial charge on any atom is -0.461 e. The monoisotopic (exact) mass is 708 g/mol. The SMILES string of the molecule is C=C(F)C(=O)N1CCN(c2nc(OC[C@@]34CCCN3C[C@H](F)C4)nc3c(F)c(-c4ccc(F)c5sc(N)c(C#N)c45)n(C4CC4)c(=O)c23)CC1. The predicted molar refractivity (Wildman–Crippen MR) is 180 cm³/mol. The number of piperazine rings is 1. The van der Waals surface area contributed by atoms with Crippen LogP contribution in [0.3, 0.4) is 0 Å². The lowest BCUT2D eigenvalue weighted by molar-refractivity contribution is -0.128. The van der Waals surface area contributed by atoms with Crippen molar-refractivity contribution < 1.29 is 27.1 Å². The summed E-state index contributed by atoms with van der Waals surface area (Å²) in [4.78, 5) is 41.1. The van der Waals surface area contributed by atoms with Crippen molar-refractivity contribution in [2.24, 2.45) is 0 Å². The Balaban J connectivity index is 1.32. The van der Waals surface area contributed by atoms with E-state index in [9.17, 15) is 23.6 Å². The number of anilines is 2. The fourth-order valence-corrected chi connectivity index (χ4v) is 8.83. The van der Waals surface area contributed by atoms with Crippen LogP contribution < -0.4 is 20.9 Å². The van der Waals surface area contributed by atoms with Crippen LogP contribution in [0, 0.1) is 23.0 Å². The van der Waals surface area contributed by atoms with Gasteiger partial charge in [0.25, 0.3) is 11.5 Å². The summed E-state index contributed by atoms with van der Waals surface area (Å²) < 4.78 is 68.2. The van der Waals surface area contributed by atoms with Crippen molar-refractivity contribution in [3.05, 3.63) is 52.1 Å². The highest BCUT2D eigenvalue weighted by molar-refractivity contribution is 7.23. The van der Waals surface area contributed by atoms with Gasteiger partial charge in [0.15, 0.2) is 11.6 Å². The van der Waals surface area contributed by atoms with Crippen LogP contribution in [0.5, 0.6) is 6.01 Å². The van der Waals surface area contributed by atoms with Crippen LogP contribution in [0.4, 0.5) is 28.4 Å². The predicted octanol–water partition coefficient (Wildman–Crippen LogP) is 4.83. The first kappa shape index (κ1) is 32.5. The second kappa shape index (κ2) is 11.9. The summed E-state index contributed by atoms with van der Waals surface area (Å²) in [5.74, 6) is -3.38. The molecule has 2 atom stereocenters. The highest BCUT2D eigenvalue weighted by Crippen LogP contribution is 2.46. The highest BCUT2D eigenvalue weighted by Gasteiger charge is 2.49. The van der Waals surface area contributed by atoms with Gasteiger partial charge in [-0.3, -0.25) is 14.5 Å². The smallest absolute Gasteiger partial charge is 0.319 e. The number of rotatable bonds is 7. The zero-order valence-corrected chi connectivity index (χ0v) is 27.7. The van der Waals surface area contributed by atoms with E-state index in [0.29, 0.717) is 25.8 Å². The van der Waals surface area contributed by atoms with E-state index < -0.39 is 40.6 Å². The molecule has 4 fully saturated rings. The molecular formula is C34H32F4N8O3S. The number of hydrogen-bond donors (Lipinski definition) is 1. The topological polar surface area (TPSA) is 134 Å². The van der Waals surface area contributed by atoms with E-state index >= 15 is 8.78 Å². The van der Waals surface area contributed by atoms with Gasteiger partial charge in [0.05, 0.1) is 21.5 Å². The van der Waals surface area contributed by atoms with Gasteiger partial charge in [0, 0.05) is 56.1 Å². The number of fused-ring (bicyclic) bond motifs is 3. The minimum absolute atomic E-state index is 0.0207. The molecule has 2 N–H and O–H groups in total. The van der Waals surface area contributed by atoms with Crippen molar-refractivity contribution in [2.75, 3.05) is 56.5 Å². The molecule has 1 aromatic carbocycles. The summed E-state index contributed by atoms with van der Waals surface area (Å²) in [5.41, 5.74) is 4.54. The van der Waals surface area contributed by atoms with Crippen LogP contribution in [-0.2, 0) is 4.79 Å². The van der Waals surface area contributed by atoms with E-state index in [1.165, 1.54) is 15.5 Å². The normalized spacial score (nSPS) is 22.3. The van der Waals surface area contributed by atoms with Gasteiger partial charge in [-0.05, 0) is 44.4 Å². The van der Waals surface area contributed by atoms with Gasteiger partial charge in [-0.15, -0.1) is 11.3 Å². The maximum absolute atomic E-state index is 17.4. The van der Waals surface area contributed by atoms with E-state index in [4.69, 9.17) is 10.5 Å². The Bertz CT molecular complexity index is 2210. The third-order valence-corrected chi connectivity index (χ3v) is 11.4. The number of ether oxygens (including phenoxy) is 1. The molecule has 0 spiro atoms. The number of nitrogen functional groups attached to an aromatic ring is 1. The van der Waals surface area contributed by atoms with Gasteiger partial charge in [0.2, 0.25) is 0 Å². The summed E-state index contributed by atoms with van der Waals surface area (Å²) in [7, 11) is 0. The maximum Gasteiger partial charge on any atom is 0.319 e. The number of halogens is 4. The molecule has 50 heavy (non-hydrogen) atoms. The highest BCUT2D eigenvalue weighted by atomic mass is 32.1. The first-order chi connectivity index (χ1) is 24.0. The van der Waals surface area contributed by atoms with Crippen molar-refractivity contribution in [1.82, 2.24) is 24.3 Å². The van der Waals surface area contributed by atoms with Gasteiger partial charge in [-0.25, -0.2) is 17.6 Å². The number of alkyl halides is 1. The first-order valence-electron chi connectivity index (χ1n) is 16.5. The standard InChI is InChI=1S/C34H32F4N8O3S/c1-17(35)31(47)44-11-9-43(10-12-44)30-24-26(41-33(42-30)49-16-34-7-2-8-45(34)15-18(36)13-34)25(38)27(46(32(24)48)19-3-4-19)20-5-6-22(37)28-23(20)21(14-39)29(40)50-28/h5-6,18-19H,1-4,7-13,15-16,40H2/t18-,34+/m1/s1. The molecule has 0 radical (unpaired) electrons. The molecule has 260 valence electrons. The van der Waals surface area contributed by atoms with E-state index in [0.717, 1.165) is 30.4 Å². The fraction of sp³-hybridized carbons (Fsp3) is 0.441. The second-order valence-electron chi connectivity index (χ2n) is 13.4. The molecule has 0 bridgehead atoms. The Morgan fingerprint density at radius 3 is 2.62 bits per heavy atom. The van der Waals surface area contributed by atoms with Crippen LogP contribution in [0.15, 0.2) is 29.3 Å². The van der Waals surface area contributed by atoms with Gasteiger partial charge in [0.1, 0.15) is 46.4 Å². The lowest BCUT2D eigenvalue weighted by Crippen LogP contribution is -2.49. The van der Waals surface area contributed by atoms with Gasteiger partial charge in [-0.2, -0.15) is 15.2 Å². The van der Waals surface area contributed by atoms with Crippen molar-refractivity contribution in [3.63, 3.8) is 0 Å². The Morgan fingerprint density at radius 2 is 1.92 bits per heavy atom. The number of nitriles is 1. The zero-order valence-electron chi connectivity index (χ0n) is 26.9.